The highest BCUT2D eigenvalue weighted by atomic mass is 19.1. The standard InChI is InChI=1S/C12H16FNO3/c1-3-12(2,17)7-14-11(16)9-5-4-8(13)6-10(9)15/h4-6,15,17H,3,7H2,1-2H3,(H,14,16). The molecular weight excluding hydrogens is 225 g/mol. The van der Waals surface area contributed by atoms with Crippen LogP contribution in [0, 0.1) is 5.82 Å². The molecule has 1 aromatic rings. The minimum Gasteiger partial charge on any atom is -0.507 e. The zero-order valence-electron chi connectivity index (χ0n) is 9.83. The predicted molar refractivity (Wildman–Crippen MR) is 61.3 cm³/mol. The van der Waals surface area contributed by atoms with Crippen LogP contribution in [0.2, 0.25) is 0 Å². The molecule has 1 aromatic carbocycles. The van der Waals surface area contributed by atoms with Crippen LogP contribution >= 0.6 is 0 Å². The van der Waals surface area contributed by atoms with Gasteiger partial charge in [0.25, 0.3) is 5.91 Å². The van der Waals surface area contributed by atoms with E-state index in [1.807, 2.05) is 0 Å². The first-order chi connectivity index (χ1) is 7.85. The molecule has 0 radical (unpaired) electrons. The van der Waals surface area contributed by atoms with Crippen LogP contribution in [0.5, 0.6) is 5.75 Å². The molecule has 3 N–H and O–H groups in total. The van der Waals surface area contributed by atoms with Crippen LogP contribution in [0.4, 0.5) is 4.39 Å². The summed E-state index contributed by atoms with van der Waals surface area (Å²) in [5.41, 5.74) is -1.01. The minimum absolute atomic E-state index is 0.0155. The van der Waals surface area contributed by atoms with Crippen molar-refractivity contribution in [3.8, 4) is 5.75 Å². The summed E-state index contributed by atoms with van der Waals surface area (Å²) in [6, 6.07) is 3.15. The summed E-state index contributed by atoms with van der Waals surface area (Å²) in [5, 5.41) is 21.6. The third-order valence-corrected chi connectivity index (χ3v) is 2.60. The fraction of sp³-hybridized carbons (Fsp3) is 0.417. The first-order valence-electron chi connectivity index (χ1n) is 5.35. The summed E-state index contributed by atoms with van der Waals surface area (Å²) in [7, 11) is 0. The maximum atomic E-state index is 12.7. The highest BCUT2D eigenvalue weighted by Crippen LogP contribution is 2.18. The Morgan fingerprint density at radius 1 is 1.53 bits per heavy atom. The Morgan fingerprint density at radius 3 is 2.71 bits per heavy atom. The summed E-state index contributed by atoms with van der Waals surface area (Å²) in [6.45, 7) is 3.46. The van der Waals surface area contributed by atoms with E-state index in [4.69, 9.17) is 0 Å². The summed E-state index contributed by atoms with van der Waals surface area (Å²) in [5.74, 6) is -1.57. The zero-order valence-corrected chi connectivity index (χ0v) is 9.83. The molecule has 0 aliphatic rings. The van der Waals surface area contributed by atoms with Gasteiger partial charge in [-0.2, -0.15) is 0 Å². The number of hydrogen-bond donors (Lipinski definition) is 3. The molecule has 5 heteroatoms. The Bertz CT molecular complexity index is 418. The second kappa shape index (κ2) is 5.14. The van der Waals surface area contributed by atoms with Gasteiger partial charge >= 0.3 is 0 Å². The average Bonchev–Trinajstić information content (AvgIpc) is 2.26. The highest BCUT2D eigenvalue weighted by Gasteiger charge is 2.20. The molecule has 1 amide bonds. The first-order valence-corrected chi connectivity index (χ1v) is 5.35. The molecule has 94 valence electrons. The quantitative estimate of drug-likeness (QED) is 0.746. The number of aliphatic hydroxyl groups is 1. The lowest BCUT2D eigenvalue weighted by Gasteiger charge is -2.21. The van der Waals surface area contributed by atoms with Gasteiger partial charge in [0.2, 0.25) is 0 Å². The lowest BCUT2D eigenvalue weighted by atomic mass is 10.0. The molecule has 0 bridgehead atoms. The van der Waals surface area contributed by atoms with Crippen LogP contribution in [0.25, 0.3) is 0 Å². The zero-order chi connectivity index (χ0) is 13.1. The first kappa shape index (κ1) is 13.4. The van der Waals surface area contributed by atoms with Crippen molar-refractivity contribution in [3.05, 3.63) is 29.6 Å². The molecule has 0 aliphatic heterocycles. The topological polar surface area (TPSA) is 69.6 Å². The normalized spacial score (nSPS) is 14.1. The van der Waals surface area contributed by atoms with E-state index in [-0.39, 0.29) is 12.1 Å². The smallest absolute Gasteiger partial charge is 0.255 e. The maximum absolute atomic E-state index is 12.7. The Kier molecular flexibility index (Phi) is 4.07. The molecule has 4 nitrogen and oxygen atoms in total. The third-order valence-electron chi connectivity index (χ3n) is 2.60. The van der Waals surface area contributed by atoms with Crippen LogP contribution in [-0.2, 0) is 0 Å². The number of phenolic OH excluding ortho intramolecular Hbond substituents is 1. The number of rotatable bonds is 4. The molecule has 0 saturated carbocycles. The fourth-order valence-corrected chi connectivity index (χ4v) is 1.19. The molecule has 0 fully saturated rings. The average molecular weight is 241 g/mol. The van der Waals surface area contributed by atoms with Gasteiger partial charge in [-0.1, -0.05) is 6.92 Å². The van der Waals surface area contributed by atoms with Gasteiger partial charge in [-0.05, 0) is 25.5 Å². The molecule has 1 unspecified atom stereocenters. The Balaban J connectivity index is 2.71. The van der Waals surface area contributed by atoms with Crippen molar-refractivity contribution in [1.29, 1.82) is 0 Å². The molecule has 1 atom stereocenters. The number of carbonyl (C=O) groups excluding carboxylic acids is 1. The van der Waals surface area contributed by atoms with E-state index in [2.05, 4.69) is 5.32 Å². The second-order valence-corrected chi connectivity index (χ2v) is 4.19. The van der Waals surface area contributed by atoms with E-state index in [9.17, 15) is 19.4 Å². The summed E-state index contributed by atoms with van der Waals surface area (Å²) < 4.78 is 12.7. The van der Waals surface area contributed by atoms with E-state index in [0.717, 1.165) is 12.1 Å². The van der Waals surface area contributed by atoms with Gasteiger partial charge in [0.15, 0.2) is 0 Å². The van der Waals surface area contributed by atoms with Crippen LogP contribution in [-0.4, -0.2) is 28.3 Å². The lowest BCUT2D eigenvalue weighted by molar-refractivity contribution is 0.0517. The number of aromatic hydroxyl groups is 1. The predicted octanol–water partition coefficient (Wildman–Crippen LogP) is 1.42. The van der Waals surface area contributed by atoms with Gasteiger partial charge in [0.1, 0.15) is 11.6 Å². The Labute approximate surface area is 99.1 Å². The lowest BCUT2D eigenvalue weighted by Crippen LogP contribution is -2.40. The van der Waals surface area contributed by atoms with E-state index < -0.39 is 23.1 Å². The number of phenols is 1. The van der Waals surface area contributed by atoms with Crippen molar-refractivity contribution >= 4 is 5.91 Å². The van der Waals surface area contributed by atoms with Gasteiger partial charge in [0.05, 0.1) is 11.2 Å². The Morgan fingerprint density at radius 2 is 2.18 bits per heavy atom. The van der Waals surface area contributed by atoms with Crippen molar-refractivity contribution in [1.82, 2.24) is 5.32 Å². The minimum atomic E-state index is -0.995. The van der Waals surface area contributed by atoms with Gasteiger partial charge in [-0.25, -0.2) is 4.39 Å². The second-order valence-electron chi connectivity index (χ2n) is 4.19. The largest absolute Gasteiger partial charge is 0.507 e. The van der Waals surface area contributed by atoms with E-state index in [1.54, 1.807) is 13.8 Å². The van der Waals surface area contributed by atoms with Gasteiger partial charge in [0, 0.05) is 12.6 Å². The number of halogens is 1. The molecule has 0 saturated heterocycles. The van der Waals surface area contributed by atoms with Crippen molar-refractivity contribution in [3.63, 3.8) is 0 Å². The van der Waals surface area contributed by atoms with Gasteiger partial charge < -0.3 is 15.5 Å². The number of carbonyl (C=O) groups is 1. The third kappa shape index (κ3) is 3.71. The van der Waals surface area contributed by atoms with Crippen molar-refractivity contribution in [2.75, 3.05) is 6.54 Å². The number of nitrogens with one attached hydrogen (secondary N) is 1. The van der Waals surface area contributed by atoms with Gasteiger partial charge in [-0.15, -0.1) is 0 Å². The fourth-order valence-electron chi connectivity index (χ4n) is 1.19. The van der Waals surface area contributed by atoms with E-state index in [0.29, 0.717) is 6.42 Å². The van der Waals surface area contributed by atoms with Crippen LogP contribution in [0.15, 0.2) is 18.2 Å². The molecule has 0 spiro atoms. The number of hydrogen-bond acceptors (Lipinski definition) is 3. The summed E-state index contributed by atoms with van der Waals surface area (Å²) in [6.07, 6.45) is 0.489. The van der Waals surface area contributed by atoms with Crippen molar-refractivity contribution in [2.24, 2.45) is 0 Å². The van der Waals surface area contributed by atoms with Crippen LogP contribution < -0.4 is 5.32 Å². The summed E-state index contributed by atoms with van der Waals surface area (Å²) in [4.78, 5) is 11.6. The van der Waals surface area contributed by atoms with E-state index in [1.165, 1.54) is 6.07 Å². The number of amides is 1. The van der Waals surface area contributed by atoms with Crippen molar-refractivity contribution in [2.45, 2.75) is 25.9 Å². The monoisotopic (exact) mass is 241 g/mol. The molecule has 0 aromatic heterocycles. The van der Waals surface area contributed by atoms with Crippen molar-refractivity contribution < 1.29 is 19.4 Å². The molecule has 0 aliphatic carbocycles. The highest BCUT2D eigenvalue weighted by molar-refractivity contribution is 5.96. The number of benzene rings is 1. The van der Waals surface area contributed by atoms with Crippen LogP contribution in [0.1, 0.15) is 30.6 Å². The molecule has 17 heavy (non-hydrogen) atoms. The van der Waals surface area contributed by atoms with E-state index >= 15 is 0 Å². The maximum Gasteiger partial charge on any atom is 0.255 e. The molecule has 0 heterocycles. The molecule has 1 rings (SSSR count). The Hall–Kier alpha value is -1.62. The van der Waals surface area contributed by atoms with Crippen LogP contribution in [0.3, 0.4) is 0 Å². The SMILES string of the molecule is CCC(C)(O)CNC(=O)c1ccc(F)cc1O. The summed E-state index contributed by atoms with van der Waals surface area (Å²) >= 11 is 0. The molecular formula is C12H16FNO3. The van der Waals surface area contributed by atoms with Gasteiger partial charge in [-0.3, -0.25) is 4.79 Å².